The van der Waals surface area contributed by atoms with Gasteiger partial charge in [-0.25, -0.2) is 0 Å². The van der Waals surface area contributed by atoms with Crippen LogP contribution in [0.5, 0.6) is 0 Å². The van der Waals surface area contributed by atoms with Gasteiger partial charge in [0.15, 0.2) is 0 Å². The molecule has 0 aliphatic heterocycles. The van der Waals surface area contributed by atoms with E-state index < -0.39 is 0 Å². The minimum absolute atomic E-state index is 0.0437. The molecule has 0 bridgehead atoms. The average molecular weight is 244 g/mol. The molecule has 102 valence electrons. The van der Waals surface area contributed by atoms with Crippen molar-refractivity contribution in [1.29, 1.82) is 0 Å². The molecular weight excluding hydrogens is 216 g/mol. The Bertz CT molecular complexity index is 217. The third-order valence-corrected chi connectivity index (χ3v) is 2.59. The fraction of sp³-hybridized carbons (Fsp3) is 0.923. The Labute approximate surface area is 105 Å². The van der Waals surface area contributed by atoms with Gasteiger partial charge in [0.25, 0.3) is 0 Å². The molecule has 0 fully saturated rings. The summed E-state index contributed by atoms with van der Waals surface area (Å²) in [7, 11) is 0. The summed E-state index contributed by atoms with van der Waals surface area (Å²) >= 11 is 0. The van der Waals surface area contributed by atoms with Crippen molar-refractivity contribution in [3.05, 3.63) is 0 Å². The van der Waals surface area contributed by atoms with Crippen LogP contribution in [0.4, 0.5) is 0 Å². The van der Waals surface area contributed by atoms with Crippen molar-refractivity contribution >= 4 is 5.91 Å². The van der Waals surface area contributed by atoms with Crippen molar-refractivity contribution in [1.82, 2.24) is 10.6 Å². The molecule has 0 rings (SSSR count). The SMILES string of the molecule is CCOCC(NC(C)C(=O)NC(C)C)C(C)C. The third-order valence-electron chi connectivity index (χ3n) is 2.59. The van der Waals surface area contributed by atoms with Crippen LogP contribution in [0.1, 0.15) is 41.5 Å². The Balaban J connectivity index is 4.19. The van der Waals surface area contributed by atoms with Crippen molar-refractivity contribution in [2.24, 2.45) is 5.92 Å². The third kappa shape index (κ3) is 7.34. The molecule has 4 heteroatoms. The van der Waals surface area contributed by atoms with Crippen molar-refractivity contribution in [2.45, 2.75) is 59.7 Å². The molecule has 0 aromatic carbocycles. The lowest BCUT2D eigenvalue weighted by Crippen LogP contribution is -2.51. The number of nitrogens with one attached hydrogen (secondary N) is 2. The normalized spacial score (nSPS) is 15.1. The predicted molar refractivity (Wildman–Crippen MR) is 71.0 cm³/mol. The van der Waals surface area contributed by atoms with Crippen LogP contribution in [-0.2, 0) is 9.53 Å². The Morgan fingerprint density at radius 2 is 1.76 bits per heavy atom. The quantitative estimate of drug-likeness (QED) is 0.681. The van der Waals surface area contributed by atoms with Crippen LogP contribution in [0.2, 0.25) is 0 Å². The van der Waals surface area contributed by atoms with Crippen molar-refractivity contribution in [3.8, 4) is 0 Å². The second kappa shape index (κ2) is 8.48. The maximum Gasteiger partial charge on any atom is 0.237 e. The minimum Gasteiger partial charge on any atom is -0.380 e. The summed E-state index contributed by atoms with van der Waals surface area (Å²) in [5.74, 6) is 0.484. The highest BCUT2D eigenvalue weighted by Crippen LogP contribution is 2.04. The molecule has 0 heterocycles. The lowest BCUT2D eigenvalue weighted by Gasteiger charge is -2.26. The number of carbonyl (C=O) groups is 1. The molecule has 2 atom stereocenters. The molecule has 17 heavy (non-hydrogen) atoms. The van der Waals surface area contributed by atoms with Gasteiger partial charge in [-0.05, 0) is 33.6 Å². The van der Waals surface area contributed by atoms with Gasteiger partial charge in [-0.3, -0.25) is 4.79 Å². The number of hydrogen-bond acceptors (Lipinski definition) is 3. The zero-order valence-corrected chi connectivity index (χ0v) is 12.0. The Morgan fingerprint density at radius 1 is 1.18 bits per heavy atom. The van der Waals surface area contributed by atoms with Crippen molar-refractivity contribution in [2.75, 3.05) is 13.2 Å². The number of hydrogen-bond donors (Lipinski definition) is 2. The molecular formula is C13H28N2O2. The van der Waals surface area contributed by atoms with E-state index in [9.17, 15) is 4.79 Å². The summed E-state index contributed by atoms with van der Waals surface area (Å²) in [5.41, 5.74) is 0. The molecule has 1 amide bonds. The number of carbonyl (C=O) groups excluding carboxylic acids is 1. The summed E-state index contributed by atoms with van der Waals surface area (Å²) < 4.78 is 5.42. The Kier molecular flexibility index (Phi) is 8.17. The van der Waals surface area contributed by atoms with Crippen LogP contribution >= 0.6 is 0 Å². The predicted octanol–water partition coefficient (Wildman–Crippen LogP) is 1.55. The van der Waals surface area contributed by atoms with E-state index in [-0.39, 0.29) is 24.0 Å². The average Bonchev–Trinajstić information content (AvgIpc) is 2.22. The number of amides is 1. The summed E-state index contributed by atoms with van der Waals surface area (Å²) in [6, 6.07) is 0.198. The van der Waals surface area contributed by atoms with Crippen LogP contribution in [0.3, 0.4) is 0 Å². The summed E-state index contributed by atoms with van der Waals surface area (Å²) in [6.45, 7) is 13.4. The largest absolute Gasteiger partial charge is 0.380 e. The first-order valence-corrected chi connectivity index (χ1v) is 6.52. The highest BCUT2D eigenvalue weighted by Gasteiger charge is 2.20. The van der Waals surface area contributed by atoms with E-state index in [4.69, 9.17) is 4.74 Å². The van der Waals surface area contributed by atoms with Crippen molar-refractivity contribution < 1.29 is 9.53 Å². The molecule has 0 saturated carbocycles. The molecule has 0 saturated heterocycles. The summed E-state index contributed by atoms with van der Waals surface area (Å²) in [6.07, 6.45) is 0. The molecule has 4 nitrogen and oxygen atoms in total. The molecule has 0 aliphatic carbocycles. The highest BCUT2D eigenvalue weighted by atomic mass is 16.5. The first-order valence-electron chi connectivity index (χ1n) is 6.52. The van der Waals surface area contributed by atoms with Gasteiger partial charge in [0.05, 0.1) is 12.6 Å². The van der Waals surface area contributed by atoms with E-state index in [2.05, 4.69) is 24.5 Å². The van der Waals surface area contributed by atoms with Gasteiger partial charge in [0, 0.05) is 18.7 Å². The monoisotopic (exact) mass is 244 g/mol. The zero-order valence-electron chi connectivity index (χ0n) is 12.0. The Hall–Kier alpha value is -0.610. The van der Waals surface area contributed by atoms with Gasteiger partial charge in [0.2, 0.25) is 5.91 Å². The maximum absolute atomic E-state index is 11.8. The zero-order chi connectivity index (χ0) is 13.4. The van der Waals surface area contributed by atoms with Gasteiger partial charge in [-0.15, -0.1) is 0 Å². The van der Waals surface area contributed by atoms with Crippen LogP contribution in [-0.4, -0.2) is 37.2 Å². The standard InChI is InChI=1S/C13H28N2O2/c1-7-17-8-12(9(2)3)15-11(6)13(16)14-10(4)5/h9-12,15H,7-8H2,1-6H3,(H,14,16). The summed E-state index contributed by atoms with van der Waals surface area (Å²) in [5, 5.41) is 6.22. The maximum atomic E-state index is 11.8. The van der Waals surface area contributed by atoms with Crippen LogP contribution < -0.4 is 10.6 Å². The number of rotatable bonds is 8. The van der Waals surface area contributed by atoms with E-state index >= 15 is 0 Å². The number of ether oxygens (including phenoxy) is 1. The minimum atomic E-state index is -0.190. The van der Waals surface area contributed by atoms with Crippen LogP contribution in [0, 0.1) is 5.92 Å². The molecule has 2 unspecified atom stereocenters. The molecule has 2 N–H and O–H groups in total. The Morgan fingerprint density at radius 3 is 2.18 bits per heavy atom. The van der Waals surface area contributed by atoms with Crippen molar-refractivity contribution in [3.63, 3.8) is 0 Å². The van der Waals surface area contributed by atoms with Gasteiger partial charge in [-0.2, -0.15) is 0 Å². The van der Waals surface area contributed by atoms with Crippen LogP contribution in [0.15, 0.2) is 0 Å². The van der Waals surface area contributed by atoms with Gasteiger partial charge >= 0.3 is 0 Å². The second-order valence-electron chi connectivity index (χ2n) is 5.06. The smallest absolute Gasteiger partial charge is 0.237 e. The van der Waals surface area contributed by atoms with Gasteiger partial charge in [-0.1, -0.05) is 13.8 Å². The van der Waals surface area contributed by atoms with E-state index in [1.165, 1.54) is 0 Å². The van der Waals surface area contributed by atoms with E-state index in [0.717, 1.165) is 0 Å². The molecule has 0 aromatic heterocycles. The highest BCUT2D eigenvalue weighted by molar-refractivity contribution is 5.81. The van der Waals surface area contributed by atoms with Gasteiger partial charge in [0.1, 0.15) is 0 Å². The fourth-order valence-electron chi connectivity index (χ4n) is 1.48. The van der Waals surface area contributed by atoms with E-state index in [0.29, 0.717) is 19.1 Å². The second-order valence-corrected chi connectivity index (χ2v) is 5.06. The van der Waals surface area contributed by atoms with E-state index in [1.807, 2.05) is 27.7 Å². The van der Waals surface area contributed by atoms with Crippen LogP contribution in [0.25, 0.3) is 0 Å². The summed E-state index contributed by atoms with van der Waals surface area (Å²) in [4.78, 5) is 11.8. The molecule has 0 spiro atoms. The van der Waals surface area contributed by atoms with Gasteiger partial charge < -0.3 is 15.4 Å². The first-order chi connectivity index (χ1) is 7.88. The van der Waals surface area contributed by atoms with E-state index in [1.54, 1.807) is 0 Å². The first kappa shape index (κ1) is 16.4. The topological polar surface area (TPSA) is 50.4 Å². The lowest BCUT2D eigenvalue weighted by atomic mass is 10.0. The lowest BCUT2D eigenvalue weighted by molar-refractivity contribution is -0.123. The molecule has 0 aromatic rings. The molecule has 0 radical (unpaired) electrons. The fourth-order valence-corrected chi connectivity index (χ4v) is 1.48. The molecule has 0 aliphatic rings.